The number of halogens is 1. The van der Waals surface area contributed by atoms with Gasteiger partial charge in [0.2, 0.25) is 5.91 Å². The maximum atomic E-state index is 13.4. The average Bonchev–Trinajstić information content (AvgIpc) is 3.32. The second kappa shape index (κ2) is 9.40. The first-order chi connectivity index (χ1) is 15.5. The van der Waals surface area contributed by atoms with E-state index in [1.54, 1.807) is 36.4 Å². The van der Waals surface area contributed by atoms with Gasteiger partial charge in [0.1, 0.15) is 16.6 Å². The molecular formula is C25H24ClN3O3. The molecule has 0 spiro atoms. The number of carbonyl (C=O) groups excluding carboxylic acids is 2. The summed E-state index contributed by atoms with van der Waals surface area (Å²) >= 11 is 5.87. The Hall–Kier alpha value is -3.38. The minimum absolute atomic E-state index is 0.0248. The number of amides is 2. The van der Waals surface area contributed by atoms with Crippen LogP contribution >= 0.6 is 11.6 Å². The van der Waals surface area contributed by atoms with Gasteiger partial charge in [0.15, 0.2) is 0 Å². The molecule has 0 radical (unpaired) electrons. The van der Waals surface area contributed by atoms with Crippen molar-refractivity contribution in [3.63, 3.8) is 0 Å². The monoisotopic (exact) mass is 449 g/mol. The van der Waals surface area contributed by atoms with Gasteiger partial charge in [0, 0.05) is 11.8 Å². The SMILES string of the molecule is COc1cc(NC(=O)C2(c3ccccc3)CCCC2)ccc1NC(=O)c1cccc(Cl)n1. The number of ether oxygens (including phenoxy) is 1. The Bertz CT molecular complexity index is 1130. The average molecular weight is 450 g/mol. The van der Waals surface area contributed by atoms with Gasteiger partial charge in [-0.1, -0.05) is 60.8 Å². The van der Waals surface area contributed by atoms with Crippen LogP contribution in [0.25, 0.3) is 0 Å². The molecular weight excluding hydrogens is 426 g/mol. The van der Waals surface area contributed by atoms with Crippen LogP contribution < -0.4 is 15.4 Å². The van der Waals surface area contributed by atoms with E-state index in [-0.39, 0.29) is 16.8 Å². The van der Waals surface area contributed by atoms with E-state index in [0.717, 1.165) is 31.2 Å². The molecule has 0 bridgehead atoms. The van der Waals surface area contributed by atoms with Crippen molar-refractivity contribution in [2.24, 2.45) is 0 Å². The normalized spacial score (nSPS) is 14.6. The lowest BCUT2D eigenvalue weighted by atomic mass is 9.78. The second-order valence-corrected chi connectivity index (χ2v) is 8.21. The predicted molar refractivity (Wildman–Crippen MR) is 125 cm³/mol. The summed E-state index contributed by atoms with van der Waals surface area (Å²) in [6.07, 6.45) is 3.68. The summed E-state index contributed by atoms with van der Waals surface area (Å²) in [5.74, 6) is -0.00176. The van der Waals surface area contributed by atoms with Gasteiger partial charge in [-0.3, -0.25) is 9.59 Å². The van der Waals surface area contributed by atoms with Crippen molar-refractivity contribution in [3.05, 3.63) is 83.1 Å². The van der Waals surface area contributed by atoms with Crippen molar-refractivity contribution >= 4 is 34.8 Å². The van der Waals surface area contributed by atoms with Gasteiger partial charge in [-0.25, -0.2) is 4.98 Å². The number of hydrogen-bond donors (Lipinski definition) is 2. The Kier molecular flexibility index (Phi) is 6.42. The number of hydrogen-bond acceptors (Lipinski definition) is 4. The zero-order chi connectivity index (χ0) is 22.6. The van der Waals surface area contributed by atoms with Gasteiger partial charge in [0.25, 0.3) is 5.91 Å². The van der Waals surface area contributed by atoms with Gasteiger partial charge in [-0.15, -0.1) is 0 Å². The van der Waals surface area contributed by atoms with Crippen LogP contribution in [0.2, 0.25) is 5.15 Å². The van der Waals surface area contributed by atoms with Crippen LogP contribution in [0.15, 0.2) is 66.7 Å². The van der Waals surface area contributed by atoms with E-state index in [1.807, 2.05) is 30.3 Å². The molecule has 1 saturated carbocycles. The molecule has 0 atom stereocenters. The molecule has 1 aromatic heterocycles. The lowest BCUT2D eigenvalue weighted by molar-refractivity contribution is -0.121. The standard InChI is InChI=1S/C25H24ClN3O3/c1-32-21-16-18(12-13-19(21)29-23(30)20-10-7-11-22(26)28-20)27-24(31)25(14-5-6-15-25)17-8-3-2-4-9-17/h2-4,7-13,16H,5-6,14-15H2,1H3,(H,27,31)(H,29,30). The molecule has 3 aromatic rings. The first kappa shape index (κ1) is 21.8. The molecule has 1 heterocycles. The maximum Gasteiger partial charge on any atom is 0.274 e. The highest BCUT2D eigenvalue weighted by molar-refractivity contribution is 6.29. The van der Waals surface area contributed by atoms with Crippen LogP contribution in [0.5, 0.6) is 5.75 Å². The predicted octanol–water partition coefficient (Wildman–Crippen LogP) is 5.45. The summed E-state index contributed by atoms with van der Waals surface area (Å²) in [5, 5.41) is 6.07. The lowest BCUT2D eigenvalue weighted by Gasteiger charge is -2.28. The summed E-state index contributed by atoms with van der Waals surface area (Å²) in [6, 6.07) is 19.9. The summed E-state index contributed by atoms with van der Waals surface area (Å²) in [4.78, 5) is 29.9. The number of pyridine rings is 1. The van der Waals surface area contributed by atoms with Gasteiger partial charge in [-0.05, 0) is 42.7 Å². The summed E-state index contributed by atoms with van der Waals surface area (Å²) < 4.78 is 5.45. The third-order valence-electron chi connectivity index (χ3n) is 5.87. The summed E-state index contributed by atoms with van der Waals surface area (Å²) in [5.41, 5.74) is 1.78. The molecule has 0 unspecified atom stereocenters. The Morgan fingerprint density at radius 2 is 1.72 bits per heavy atom. The van der Waals surface area contributed by atoms with E-state index < -0.39 is 11.3 Å². The molecule has 1 aliphatic carbocycles. The highest BCUT2D eigenvalue weighted by atomic mass is 35.5. The van der Waals surface area contributed by atoms with Crippen LogP contribution in [-0.2, 0) is 10.2 Å². The molecule has 2 amide bonds. The van der Waals surface area contributed by atoms with Crippen LogP contribution in [-0.4, -0.2) is 23.9 Å². The molecule has 1 fully saturated rings. The molecule has 6 nitrogen and oxygen atoms in total. The minimum atomic E-state index is -0.528. The fraction of sp³-hybridized carbons (Fsp3) is 0.240. The number of carbonyl (C=O) groups is 2. The number of methoxy groups -OCH3 is 1. The van der Waals surface area contributed by atoms with Crippen LogP contribution in [0.4, 0.5) is 11.4 Å². The Morgan fingerprint density at radius 1 is 0.969 bits per heavy atom. The van der Waals surface area contributed by atoms with E-state index in [2.05, 4.69) is 15.6 Å². The van der Waals surface area contributed by atoms with Crippen LogP contribution in [0.1, 0.15) is 41.7 Å². The highest BCUT2D eigenvalue weighted by Gasteiger charge is 2.42. The van der Waals surface area contributed by atoms with Gasteiger partial charge in [0.05, 0.1) is 18.2 Å². The lowest BCUT2D eigenvalue weighted by Crippen LogP contribution is -2.37. The van der Waals surface area contributed by atoms with Gasteiger partial charge >= 0.3 is 0 Å². The Balaban J connectivity index is 1.54. The van der Waals surface area contributed by atoms with E-state index in [0.29, 0.717) is 17.1 Å². The first-order valence-electron chi connectivity index (χ1n) is 10.5. The molecule has 32 heavy (non-hydrogen) atoms. The van der Waals surface area contributed by atoms with Gasteiger partial charge < -0.3 is 15.4 Å². The van der Waals surface area contributed by atoms with E-state index >= 15 is 0 Å². The molecule has 0 saturated heterocycles. The van der Waals surface area contributed by atoms with Crippen molar-refractivity contribution in [2.45, 2.75) is 31.1 Å². The van der Waals surface area contributed by atoms with E-state index in [9.17, 15) is 9.59 Å². The number of nitrogens with one attached hydrogen (secondary N) is 2. The second-order valence-electron chi connectivity index (χ2n) is 7.82. The number of anilines is 2. The Morgan fingerprint density at radius 3 is 2.41 bits per heavy atom. The van der Waals surface area contributed by atoms with Crippen molar-refractivity contribution in [1.29, 1.82) is 0 Å². The fourth-order valence-corrected chi connectivity index (χ4v) is 4.39. The fourth-order valence-electron chi connectivity index (χ4n) is 4.23. The van der Waals surface area contributed by atoms with E-state index in [4.69, 9.17) is 16.3 Å². The zero-order valence-corrected chi connectivity index (χ0v) is 18.5. The molecule has 1 aliphatic rings. The number of rotatable bonds is 6. The number of nitrogens with zero attached hydrogens (tertiary/aromatic N) is 1. The van der Waals surface area contributed by atoms with Crippen molar-refractivity contribution in [3.8, 4) is 5.75 Å². The summed E-state index contributed by atoms with van der Waals surface area (Å²) in [7, 11) is 1.51. The highest BCUT2D eigenvalue weighted by Crippen LogP contribution is 2.42. The molecule has 4 rings (SSSR count). The maximum absolute atomic E-state index is 13.4. The zero-order valence-electron chi connectivity index (χ0n) is 17.7. The molecule has 164 valence electrons. The van der Waals surface area contributed by atoms with Crippen molar-refractivity contribution in [2.75, 3.05) is 17.7 Å². The Labute approximate surface area is 192 Å². The van der Waals surface area contributed by atoms with Crippen LogP contribution in [0, 0.1) is 0 Å². The third kappa shape index (κ3) is 4.46. The topological polar surface area (TPSA) is 80.3 Å². The van der Waals surface area contributed by atoms with Crippen molar-refractivity contribution < 1.29 is 14.3 Å². The van der Waals surface area contributed by atoms with Gasteiger partial charge in [-0.2, -0.15) is 0 Å². The molecule has 7 heteroatoms. The smallest absolute Gasteiger partial charge is 0.274 e. The molecule has 0 aliphatic heterocycles. The number of aromatic nitrogens is 1. The quantitative estimate of drug-likeness (QED) is 0.490. The molecule has 2 aromatic carbocycles. The summed E-state index contributed by atoms with van der Waals surface area (Å²) in [6.45, 7) is 0. The minimum Gasteiger partial charge on any atom is -0.494 e. The van der Waals surface area contributed by atoms with Crippen LogP contribution in [0.3, 0.4) is 0 Å². The third-order valence-corrected chi connectivity index (χ3v) is 6.08. The van der Waals surface area contributed by atoms with Crippen molar-refractivity contribution in [1.82, 2.24) is 4.98 Å². The van der Waals surface area contributed by atoms with E-state index in [1.165, 1.54) is 7.11 Å². The largest absolute Gasteiger partial charge is 0.494 e. The first-order valence-corrected chi connectivity index (χ1v) is 10.9. The number of benzene rings is 2. The molecule has 2 N–H and O–H groups in total.